The molecule has 1 aromatic heterocycles. The molecule has 1 aliphatic heterocycles. The van der Waals surface area contributed by atoms with Gasteiger partial charge in [0.15, 0.2) is 0 Å². The minimum Gasteiger partial charge on any atom is -0.349 e. The van der Waals surface area contributed by atoms with Crippen molar-refractivity contribution in [1.82, 2.24) is 20.5 Å². The average molecular weight is 425 g/mol. The minimum absolute atomic E-state index is 0.150. The van der Waals surface area contributed by atoms with E-state index >= 15 is 0 Å². The number of nitrogens with one attached hydrogen (secondary N) is 2. The summed E-state index contributed by atoms with van der Waals surface area (Å²) in [4.78, 5) is 55.8. The summed E-state index contributed by atoms with van der Waals surface area (Å²) in [5.41, 5.74) is 0.963. The van der Waals surface area contributed by atoms with E-state index in [1.165, 1.54) is 4.90 Å². The van der Waals surface area contributed by atoms with Crippen molar-refractivity contribution in [2.75, 3.05) is 19.6 Å². The Morgan fingerprint density at radius 3 is 2.58 bits per heavy atom. The number of rotatable bonds is 6. The van der Waals surface area contributed by atoms with Crippen LogP contribution in [0.3, 0.4) is 0 Å². The smallest absolute Gasteiger partial charge is 0.289 e. The van der Waals surface area contributed by atoms with E-state index in [1.807, 2.05) is 39.0 Å². The molecule has 2 aromatic rings. The summed E-state index contributed by atoms with van der Waals surface area (Å²) in [6.45, 7) is 6.38. The molecular formula is C23H28N4O4. The quantitative estimate of drug-likeness (QED) is 0.686. The van der Waals surface area contributed by atoms with Gasteiger partial charge in [0.1, 0.15) is 6.04 Å². The fraction of sp³-hybridized carbons (Fsp3) is 0.435. The maximum atomic E-state index is 12.7. The fourth-order valence-corrected chi connectivity index (χ4v) is 3.57. The highest BCUT2D eigenvalue weighted by molar-refractivity contribution is 6.38. The van der Waals surface area contributed by atoms with Gasteiger partial charge in [0.05, 0.1) is 17.6 Å². The van der Waals surface area contributed by atoms with Gasteiger partial charge < -0.3 is 15.5 Å². The number of pyridine rings is 1. The third kappa shape index (κ3) is 5.45. The van der Waals surface area contributed by atoms with E-state index in [0.29, 0.717) is 42.4 Å². The fourth-order valence-electron chi connectivity index (χ4n) is 3.57. The van der Waals surface area contributed by atoms with Crippen LogP contribution in [0.4, 0.5) is 0 Å². The second kappa shape index (κ2) is 9.24. The van der Waals surface area contributed by atoms with Gasteiger partial charge >= 0.3 is 0 Å². The average Bonchev–Trinajstić information content (AvgIpc) is 3.24. The van der Waals surface area contributed by atoms with E-state index in [0.717, 1.165) is 0 Å². The Kier molecular flexibility index (Phi) is 6.68. The van der Waals surface area contributed by atoms with E-state index in [-0.39, 0.29) is 17.9 Å². The van der Waals surface area contributed by atoms with Gasteiger partial charge in [-0.15, -0.1) is 0 Å². The number of amides is 3. The molecule has 1 aromatic carbocycles. The lowest BCUT2D eigenvalue weighted by Crippen LogP contribution is -2.50. The van der Waals surface area contributed by atoms with E-state index in [1.54, 1.807) is 18.3 Å². The molecular weight excluding hydrogens is 396 g/mol. The zero-order valence-corrected chi connectivity index (χ0v) is 18.1. The van der Waals surface area contributed by atoms with E-state index in [9.17, 15) is 19.2 Å². The summed E-state index contributed by atoms with van der Waals surface area (Å²) in [5.74, 6) is -2.06. The molecule has 1 fully saturated rings. The number of hydrogen-bond donors (Lipinski definition) is 2. The number of carbonyl (C=O) groups is 4. The van der Waals surface area contributed by atoms with Crippen LogP contribution in [-0.4, -0.2) is 59.1 Å². The molecule has 1 atom stereocenters. The van der Waals surface area contributed by atoms with Crippen molar-refractivity contribution in [2.24, 2.45) is 5.41 Å². The third-order valence-corrected chi connectivity index (χ3v) is 5.17. The second-order valence-electron chi connectivity index (χ2n) is 8.91. The van der Waals surface area contributed by atoms with Gasteiger partial charge in [-0.25, -0.2) is 0 Å². The standard InChI is InChI=1S/C23H28N4O4/c1-23(2,3)14-26-22(31)20(29)18-9-6-12-27(18)19(28)13-25-21(30)16-10-11-24-17-8-5-4-7-15(16)17/h4-5,7-8,10-11,18H,6,9,12-14H2,1-3H3,(H,25,30)(H,26,31)/t18-/m0/s1. The molecule has 2 heterocycles. The second-order valence-corrected chi connectivity index (χ2v) is 8.91. The van der Waals surface area contributed by atoms with E-state index in [2.05, 4.69) is 15.6 Å². The molecule has 0 saturated carbocycles. The van der Waals surface area contributed by atoms with Gasteiger partial charge in [0, 0.05) is 24.7 Å². The van der Waals surface area contributed by atoms with Crippen LogP contribution in [0.15, 0.2) is 36.5 Å². The molecule has 8 heteroatoms. The summed E-state index contributed by atoms with van der Waals surface area (Å²) in [6, 6.07) is 8.07. The maximum absolute atomic E-state index is 12.7. The van der Waals surface area contributed by atoms with Crippen LogP contribution in [0.2, 0.25) is 0 Å². The van der Waals surface area contributed by atoms with Gasteiger partial charge in [-0.05, 0) is 30.4 Å². The number of fused-ring (bicyclic) bond motifs is 1. The van der Waals surface area contributed by atoms with Crippen molar-refractivity contribution in [3.8, 4) is 0 Å². The van der Waals surface area contributed by atoms with Gasteiger partial charge in [-0.1, -0.05) is 39.0 Å². The Balaban J connectivity index is 1.61. The highest BCUT2D eigenvalue weighted by Gasteiger charge is 2.37. The van der Waals surface area contributed by atoms with Crippen molar-refractivity contribution in [2.45, 2.75) is 39.7 Å². The summed E-state index contributed by atoms with van der Waals surface area (Å²) >= 11 is 0. The molecule has 0 bridgehead atoms. The third-order valence-electron chi connectivity index (χ3n) is 5.17. The summed E-state index contributed by atoms with van der Waals surface area (Å²) < 4.78 is 0. The lowest BCUT2D eigenvalue weighted by atomic mass is 9.97. The first-order valence-electron chi connectivity index (χ1n) is 10.4. The first-order chi connectivity index (χ1) is 14.7. The highest BCUT2D eigenvalue weighted by Crippen LogP contribution is 2.19. The van der Waals surface area contributed by atoms with Crippen LogP contribution in [0.1, 0.15) is 44.0 Å². The number of nitrogens with zero attached hydrogens (tertiary/aromatic N) is 2. The highest BCUT2D eigenvalue weighted by atomic mass is 16.2. The Labute approximate surface area is 181 Å². The summed E-state index contributed by atoms with van der Waals surface area (Å²) in [7, 11) is 0. The number of para-hydroxylation sites is 1. The first-order valence-corrected chi connectivity index (χ1v) is 10.4. The normalized spacial score (nSPS) is 16.2. The van der Waals surface area contributed by atoms with Gasteiger partial charge in [-0.3, -0.25) is 24.2 Å². The Morgan fingerprint density at radius 2 is 1.84 bits per heavy atom. The van der Waals surface area contributed by atoms with Crippen LogP contribution in [0, 0.1) is 5.41 Å². The zero-order chi connectivity index (χ0) is 22.6. The lowest BCUT2D eigenvalue weighted by Gasteiger charge is -2.24. The summed E-state index contributed by atoms with van der Waals surface area (Å²) in [5, 5.41) is 5.97. The van der Waals surface area contributed by atoms with E-state index < -0.39 is 23.6 Å². The number of likely N-dealkylation sites (tertiary alicyclic amines) is 1. The van der Waals surface area contributed by atoms with Crippen LogP contribution < -0.4 is 10.6 Å². The van der Waals surface area contributed by atoms with Crippen LogP contribution in [0.25, 0.3) is 10.9 Å². The maximum Gasteiger partial charge on any atom is 0.289 e. The molecule has 0 radical (unpaired) electrons. The van der Waals surface area contributed by atoms with Crippen molar-refractivity contribution >= 4 is 34.4 Å². The van der Waals surface area contributed by atoms with Crippen LogP contribution in [0.5, 0.6) is 0 Å². The molecule has 0 spiro atoms. The Morgan fingerprint density at radius 1 is 1.10 bits per heavy atom. The minimum atomic E-state index is -0.786. The SMILES string of the molecule is CC(C)(C)CNC(=O)C(=O)[C@@H]1CCCN1C(=O)CNC(=O)c1ccnc2ccccc12. The van der Waals surface area contributed by atoms with Crippen LogP contribution >= 0.6 is 0 Å². The molecule has 1 aliphatic rings. The Bertz CT molecular complexity index is 1010. The molecule has 0 aliphatic carbocycles. The van der Waals surface area contributed by atoms with Crippen molar-refractivity contribution in [3.63, 3.8) is 0 Å². The topological polar surface area (TPSA) is 108 Å². The molecule has 3 rings (SSSR count). The predicted octanol–water partition coefficient (Wildman–Crippen LogP) is 1.69. The molecule has 8 nitrogen and oxygen atoms in total. The molecule has 164 valence electrons. The zero-order valence-electron chi connectivity index (χ0n) is 18.1. The number of benzene rings is 1. The van der Waals surface area contributed by atoms with Gasteiger partial charge in [0.25, 0.3) is 11.8 Å². The molecule has 1 saturated heterocycles. The molecule has 0 unspecified atom stereocenters. The Hall–Kier alpha value is -3.29. The van der Waals surface area contributed by atoms with Crippen molar-refractivity contribution in [3.05, 3.63) is 42.1 Å². The lowest BCUT2D eigenvalue weighted by molar-refractivity contribution is -0.144. The molecule has 3 amide bonds. The molecule has 31 heavy (non-hydrogen) atoms. The van der Waals surface area contributed by atoms with E-state index in [4.69, 9.17) is 0 Å². The number of carbonyl (C=O) groups excluding carboxylic acids is 4. The largest absolute Gasteiger partial charge is 0.349 e. The van der Waals surface area contributed by atoms with Crippen LogP contribution in [-0.2, 0) is 14.4 Å². The van der Waals surface area contributed by atoms with Crippen molar-refractivity contribution < 1.29 is 19.2 Å². The number of Topliss-reactive ketones (excluding diaryl/α,β-unsaturated/α-hetero) is 1. The van der Waals surface area contributed by atoms with Gasteiger partial charge in [0.2, 0.25) is 11.7 Å². The summed E-state index contributed by atoms with van der Waals surface area (Å²) in [6.07, 6.45) is 2.62. The number of ketones is 1. The van der Waals surface area contributed by atoms with Gasteiger partial charge in [-0.2, -0.15) is 0 Å². The first kappa shape index (κ1) is 22.4. The molecule has 2 N–H and O–H groups in total. The monoisotopic (exact) mass is 424 g/mol. The predicted molar refractivity (Wildman–Crippen MR) is 116 cm³/mol. The number of hydrogen-bond acceptors (Lipinski definition) is 5. The number of aromatic nitrogens is 1. The van der Waals surface area contributed by atoms with Crippen molar-refractivity contribution in [1.29, 1.82) is 0 Å².